The van der Waals surface area contributed by atoms with Crippen molar-refractivity contribution in [3.05, 3.63) is 34.1 Å². The van der Waals surface area contributed by atoms with Gasteiger partial charge in [0.1, 0.15) is 5.82 Å². The van der Waals surface area contributed by atoms with Gasteiger partial charge in [-0.3, -0.25) is 0 Å². The molecule has 1 aromatic carbocycles. The molecule has 0 aliphatic carbocycles. The Morgan fingerprint density at radius 3 is 2.59 bits per heavy atom. The molecular weight excluding hydrogens is 285 g/mol. The monoisotopic (exact) mass is 303 g/mol. The normalized spacial score (nSPS) is 13.1. The number of rotatable bonds is 6. The Morgan fingerprint density at radius 1 is 1.35 bits per heavy atom. The van der Waals surface area contributed by atoms with Crippen molar-refractivity contribution < 1.29 is 9.50 Å². The zero-order chi connectivity index (χ0) is 12.8. The highest BCUT2D eigenvalue weighted by Gasteiger charge is 2.14. The molecule has 4 heteroatoms. The summed E-state index contributed by atoms with van der Waals surface area (Å²) in [7, 11) is 0. The van der Waals surface area contributed by atoms with Crippen molar-refractivity contribution in [2.24, 2.45) is 0 Å². The second-order valence-corrected chi connectivity index (χ2v) is 4.91. The van der Waals surface area contributed by atoms with Crippen molar-refractivity contribution in [1.29, 1.82) is 0 Å². The first kappa shape index (κ1) is 14.6. The van der Waals surface area contributed by atoms with Crippen LogP contribution in [0.3, 0.4) is 0 Å². The summed E-state index contributed by atoms with van der Waals surface area (Å²) in [5.41, 5.74) is 0.367. The van der Waals surface area contributed by atoms with Crippen LogP contribution in [0.1, 0.15) is 31.9 Å². The van der Waals surface area contributed by atoms with Crippen LogP contribution in [-0.2, 0) is 0 Å². The van der Waals surface area contributed by atoms with Crippen LogP contribution in [-0.4, -0.2) is 29.6 Å². The van der Waals surface area contributed by atoms with Gasteiger partial charge in [-0.25, -0.2) is 4.39 Å². The number of aliphatic hydroxyl groups is 1. The maximum atomic E-state index is 13.5. The largest absolute Gasteiger partial charge is 0.388 e. The van der Waals surface area contributed by atoms with E-state index >= 15 is 0 Å². The second-order valence-electron chi connectivity index (χ2n) is 4.00. The fraction of sp³-hybridized carbons (Fsp3) is 0.538. The van der Waals surface area contributed by atoms with E-state index in [-0.39, 0.29) is 5.82 Å². The highest BCUT2D eigenvalue weighted by molar-refractivity contribution is 9.10. The number of nitrogens with zero attached hydrogens (tertiary/aromatic N) is 1. The van der Waals surface area contributed by atoms with Crippen LogP contribution in [0.15, 0.2) is 22.7 Å². The Bertz CT molecular complexity index is 355. The SMILES string of the molecule is CCN(CC)CCC(O)c1cc(Br)ccc1F. The molecule has 0 radical (unpaired) electrons. The Morgan fingerprint density at radius 2 is 2.00 bits per heavy atom. The van der Waals surface area contributed by atoms with E-state index in [2.05, 4.69) is 34.7 Å². The molecule has 1 atom stereocenters. The first-order valence-electron chi connectivity index (χ1n) is 5.93. The van der Waals surface area contributed by atoms with Gasteiger partial charge < -0.3 is 10.0 Å². The predicted molar refractivity (Wildman–Crippen MR) is 71.5 cm³/mol. The van der Waals surface area contributed by atoms with Gasteiger partial charge in [-0.05, 0) is 37.7 Å². The fourth-order valence-corrected chi connectivity index (χ4v) is 2.15. The van der Waals surface area contributed by atoms with Crippen LogP contribution in [0.2, 0.25) is 0 Å². The van der Waals surface area contributed by atoms with Crippen molar-refractivity contribution in [3.63, 3.8) is 0 Å². The van der Waals surface area contributed by atoms with Crippen molar-refractivity contribution in [3.8, 4) is 0 Å². The zero-order valence-corrected chi connectivity index (χ0v) is 11.9. The molecule has 0 saturated carbocycles. The molecule has 1 unspecified atom stereocenters. The van der Waals surface area contributed by atoms with E-state index in [4.69, 9.17) is 0 Å². The molecule has 0 heterocycles. The summed E-state index contributed by atoms with van der Waals surface area (Å²) in [5, 5.41) is 9.98. The Hall–Kier alpha value is -0.450. The lowest BCUT2D eigenvalue weighted by molar-refractivity contribution is 0.141. The maximum absolute atomic E-state index is 13.5. The van der Waals surface area contributed by atoms with Crippen LogP contribution in [0.5, 0.6) is 0 Å². The number of aliphatic hydroxyl groups excluding tert-OH is 1. The lowest BCUT2D eigenvalue weighted by Crippen LogP contribution is -2.25. The first-order chi connectivity index (χ1) is 8.08. The van der Waals surface area contributed by atoms with Gasteiger partial charge in [-0.1, -0.05) is 29.8 Å². The van der Waals surface area contributed by atoms with Crippen LogP contribution in [0.4, 0.5) is 4.39 Å². The summed E-state index contributed by atoms with van der Waals surface area (Å²) < 4.78 is 14.3. The van der Waals surface area contributed by atoms with E-state index in [1.807, 2.05) is 0 Å². The molecule has 0 aromatic heterocycles. The first-order valence-corrected chi connectivity index (χ1v) is 6.73. The number of hydrogen-bond donors (Lipinski definition) is 1. The standard InChI is InChI=1S/C13H19BrFNO/c1-3-16(4-2)8-7-13(17)11-9-10(14)5-6-12(11)15/h5-6,9,13,17H,3-4,7-8H2,1-2H3. The average molecular weight is 304 g/mol. The molecule has 1 rings (SSSR count). The summed E-state index contributed by atoms with van der Waals surface area (Å²) in [6.07, 6.45) is -0.192. The van der Waals surface area contributed by atoms with E-state index in [1.54, 1.807) is 12.1 Å². The summed E-state index contributed by atoms with van der Waals surface area (Å²) in [6, 6.07) is 4.65. The van der Waals surface area contributed by atoms with Crippen molar-refractivity contribution in [2.75, 3.05) is 19.6 Å². The van der Waals surface area contributed by atoms with Crippen molar-refractivity contribution in [1.82, 2.24) is 4.90 Å². The lowest BCUT2D eigenvalue weighted by atomic mass is 10.1. The molecule has 0 amide bonds. The van der Waals surface area contributed by atoms with Gasteiger partial charge in [0.25, 0.3) is 0 Å². The molecule has 2 nitrogen and oxygen atoms in total. The lowest BCUT2D eigenvalue weighted by Gasteiger charge is -2.20. The highest BCUT2D eigenvalue weighted by Crippen LogP contribution is 2.24. The quantitative estimate of drug-likeness (QED) is 0.871. The van der Waals surface area contributed by atoms with E-state index in [9.17, 15) is 9.50 Å². The molecule has 0 bridgehead atoms. The fourth-order valence-electron chi connectivity index (χ4n) is 1.77. The van der Waals surface area contributed by atoms with Gasteiger partial charge in [-0.15, -0.1) is 0 Å². The number of benzene rings is 1. The Kier molecular flexibility index (Phi) is 6.09. The molecular formula is C13H19BrFNO. The third-order valence-electron chi connectivity index (χ3n) is 2.93. The summed E-state index contributed by atoms with van der Waals surface area (Å²) in [6.45, 7) is 6.83. The second kappa shape index (κ2) is 7.09. The van der Waals surface area contributed by atoms with Crippen LogP contribution >= 0.6 is 15.9 Å². The third-order valence-corrected chi connectivity index (χ3v) is 3.42. The van der Waals surface area contributed by atoms with Gasteiger partial charge in [0.15, 0.2) is 0 Å². The Labute approximate surface area is 111 Å². The van der Waals surface area contributed by atoms with Gasteiger partial charge in [0.2, 0.25) is 0 Å². The zero-order valence-electron chi connectivity index (χ0n) is 10.3. The number of halogens is 2. The molecule has 0 saturated heterocycles. The maximum Gasteiger partial charge on any atom is 0.129 e. The smallest absolute Gasteiger partial charge is 0.129 e. The van der Waals surface area contributed by atoms with E-state index < -0.39 is 6.10 Å². The summed E-state index contributed by atoms with van der Waals surface area (Å²) in [4.78, 5) is 2.21. The van der Waals surface area contributed by atoms with E-state index in [0.717, 1.165) is 24.1 Å². The van der Waals surface area contributed by atoms with Crippen LogP contribution in [0.25, 0.3) is 0 Å². The molecule has 0 aliphatic rings. The minimum Gasteiger partial charge on any atom is -0.388 e. The molecule has 96 valence electrons. The average Bonchev–Trinajstić information content (AvgIpc) is 2.33. The minimum atomic E-state index is -0.743. The van der Waals surface area contributed by atoms with Gasteiger partial charge in [-0.2, -0.15) is 0 Å². The van der Waals surface area contributed by atoms with E-state index in [1.165, 1.54) is 6.07 Å². The van der Waals surface area contributed by atoms with Gasteiger partial charge >= 0.3 is 0 Å². The highest BCUT2D eigenvalue weighted by atomic mass is 79.9. The minimum absolute atomic E-state index is 0.347. The predicted octanol–water partition coefficient (Wildman–Crippen LogP) is 3.35. The Balaban J connectivity index is 2.63. The molecule has 1 aromatic rings. The third kappa shape index (κ3) is 4.37. The van der Waals surface area contributed by atoms with E-state index in [0.29, 0.717) is 12.0 Å². The number of hydrogen-bond acceptors (Lipinski definition) is 2. The topological polar surface area (TPSA) is 23.5 Å². The molecule has 0 spiro atoms. The summed E-state index contributed by atoms with van der Waals surface area (Å²) >= 11 is 3.28. The van der Waals surface area contributed by atoms with Gasteiger partial charge in [0, 0.05) is 16.6 Å². The van der Waals surface area contributed by atoms with Crippen molar-refractivity contribution >= 4 is 15.9 Å². The molecule has 1 N–H and O–H groups in total. The van der Waals surface area contributed by atoms with Gasteiger partial charge in [0.05, 0.1) is 6.10 Å². The molecule has 0 aliphatic heterocycles. The van der Waals surface area contributed by atoms with Crippen LogP contribution < -0.4 is 0 Å². The van der Waals surface area contributed by atoms with Crippen molar-refractivity contribution in [2.45, 2.75) is 26.4 Å². The molecule has 0 fully saturated rings. The van der Waals surface area contributed by atoms with Crippen LogP contribution in [0, 0.1) is 5.82 Å². The molecule has 17 heavy (non-hydrogen) atoms. The summed E-state index contributed by atoms with van der Waals surface area (Å²) in [5.74, 6) is -0.347.